The van der Waals surface area contributed by atoms with Crippen LogP contribution in [0.2, 0.25) is 0 Å². The average Bonchev–Trinajstić information content (AvgIpc) is 2.12. The van der Waals surface area contributed by atoms with E-state index in [4.69, 9.17) is 4.74 Å². The van der Waals surface area contributed by atoms with Gasteiger partial charge >= 0.3 is 0 Å². The van der Waals surface area contributed by atoms with E-state index in [-0.39, 0.29) is 0 Å². The molecular formula is C12H25NO2. The Kier molecular flexibility index (Phi) is 5.03. The first-order valence-corrected chi connectivity index (χ1v) is 6.04. The molecule has 0 aliphatic carbocycles. The highest BCUT2D eigenvalue weighted by Gasteiger charge is 2.24. The number of β-amino-alcohol motifs (C(OH)–C–C–N with tert-alkyl or cyclic N) is 1. The number of aliphatic hydroxyl groups is 1. The third kappa shape index (κ3) is 5.50. The maximum Gasteiger partial charge on any atom is 0.0718 e. The van der Waals surface area contributed by atoms with Crippen molar-refractivity contribution in [3.63, 3.8) is 0 Å². The first-order valence-electron chi connectivity index (χ1n) is 6.04. The summed E-state index contributed by atoms with van der Waals surface area (Å²) in [4.78, 5) is 2.35. The third-order valence-electron chi connectivity index (χ3n) is 2.77. The Balaban J connectivity index is 2.29. The fourth-order valence-electron chi connectivity index (χ4n) is 2.26. The van der Waals surface area contributed by atoms with Crippen molar-refractivity contribution in [2.75, 3.05) is 32.8 Å². The van der Waals surface area contributed by atoms with E-state index >= 15 is 0 Å². The molecule has 15 heavy (non-hydrogen) atoms. The van der Waals surface area contributed by atoms with Crippen LogP contribution in [-0.4, -0.2) is 48.5 Å². The zero-order valence-corrected chi connectivity index (χ0v) is 10.3. The monoisotopic (exact) mass is 215 g/mol. The van der Waals surface area contributed by atoms with Crippen LogP contribution in [0.4, 0.5) is 0 Å². The van der Waals surface area contributed by atoms with Gasteiger partial charge in [-0.15, -0.1) is 0 Å². The molecule has 1 aliphatic rings. The molecule has 1 atom stereocenters. The average molecular weight is 215 g/mol. The van der Waals surface area contributed by atoms with Crippen molar-refractivity contribution in [1.82, 2.24) is 4.90 Å². The fourth-order valence-corrected chi connectivity index (χ4v) is 2.26. The second kappa shape index (κ2) is 5.83. The van der Waals surface area contributed by atoms with Gasteiger partial charge in [-0.3, -0.25) is 0 Å². The lowest BCUT2D eigenvalue weighted by molar-refractivity contribution is 0.00755. The molecule has 0 amide bonds. The molecule has 0 radical (unpaired) electrons. The summed E-state index contributed by atoms with van der Waals surface area (Å²) in [5.74, 6) is 0.654. The van der Waals surface area contributed by atoms with Gasteiger partial charge in [0.2, 0.25) is 0 Å². The van der Waals surface area contributed by atoms with E-state index in [1.807, 2.05) is 20.8 Å². The molecule has 0 aromatic carbocycles. The van der Waals surface area contributed by atoms with Crippen LogP contribution < -0.4 is 0 Å². The summed E-state index contributed by atoms with van der Waals surface area (Å²) in [6.45, 7) is 10.4. The van der Waals surface area contributed by atoms with Crippen molar-refractivity contribution in [2.45, 2.75) is 39.2 Å². The molecule has 90 valence electrons. The van der Waals surface area contributed by atoms with Crippen LogP contribution in [0.3, 0.4) is 0 Å². The molecule has 0 aromatic rings. The quantitative estimate of drug-likeness (QED) is 0.754. The largest absolute Gasteiger partial charge is 0.389 e. The molecule has 1 heterocycles. The van der Waals surface area contributed by atoms with Gasteiger partial charge in [-0.1, -0.05) is 0 Å². The minimum atomic E-state index is -0.576. The first-order chi connectivity index (χ1) is 7.01. The van der Waals surface area contributed by atoms with Crippen molar-refractivity contribution in [3.05, 3.63) is 0 Å². The minimum absolute atomic E-state index is 0.576. The Labute approximate surface area is 93.4 Å². The van der Waals surface area contributed by atoms with E-state index in [0.717, 1.165) is 32.8 Å². The van der Waals surface area contributed by atoms with Crippen LogP contribution in [0.25, 0.3) is 0 Å². The summed E-state index contributed by atoms with van der Waals surface area (Å²) in [6.07, 6.45) is 2.50. The number of ether oxygens (including phenoxy) is 1. The lowest BCUT2D eigenvalue weighted by Gasteiger charge is -2.35. The maximum atomic E-state index is 9.76. The highest BCUT2D eigenvalue weighted by atomic mass is 16.5. The van der Waals surface area contributed by atoms with Crippen LogP contribution in [0, 0.1) is 5.92 Å². The molecule has 1 unspecified atom stereocenters. The molecule has 1 rings (SSSR count). The molecule has 1 saturated heterocycles. The Morgan fingerprint density at radius 3 is 2.80 bits per heavy atom. The van der Waals surface area contributed by atoms with Crippen molar-refractivity contribution in [2.24, 2.45) is 5.92 Å². The van der Waals surface area contributed by atoms with Gasteiger partial charge in [-0.2, -0.15) is 0 Å². The number of hydrogen-bond acceptors (Lipinski definition) is 3. The van der Waals surface area contributed by atoms with Crippen molar-refractivity contribution in [1.29, 1.82) is 0 Å². The number of likely N-dealkylation sites (tertiary alicyclic amines) is 1. The zero-order chi connectivity index (χ0) is 11.3. The topological polar surface area (TPSA) is 32.7 Å². The van der Waals surface area contributed by atoms with Gasteiger partial charge in [0.05, 0.1) is 12.2 Å². The number of hydrogen-bond donors (Lipinski definition) is 1. The Morgan fingerprint density at radius 2 is 2.20 bits per heavy atom. The molecule has 0 spiro atoms. The molecule has 3 nitrogen and oxygen atoms in total. The summed E-state index contributed by atoms with van der Waals surface area (Å²) >= 11 is 0. The van der Waals surface area contributed by atoms with E-state index in [9.17, 15) is 5.11 Å². The molecule has 1 aliphatic heterocycles. The van der Waals surface area contributed by atoms with Crippen molar-refractivity contribution < 1.29 is 9.84 Å². The SMILES string of the molecule is CCOCC1CCCN(CC(C)(C)O)C1. The fraction of sp³-hybridized carbons (Fsp3) is 1.00. The predicted octanol–water partition coefficient (Wildman–Crippen LogP) is 1.51. The van der Waals surface area contributed by atoms with Gasteiger partial charge < -0.3 is 14.7 Å². The normalized spacial score (nSPS) is 24.4. The second-order valence-electron chi connectivity index (χ2n) is 5.22. The molecule has 0 aromatic heterocycles. The summed E-state index contributed by atoms with van der Waals surface area (Å²) in [5.41, 5.74) is -0.576. The maximum absolute atomic E-state index is 9.76. The van der Waals surface area contributed by atoms with Crippen LogP contribution >= 0.6 is 0 Å². The first kappa shape index (κ1) is 12.9. The Hall–Kier alpha value is -0.120. The summed E-state index contributed by atoms with van der Waals surface area (Å²) in [7, 11) is 0. The van der Waals surface area contributed by atoms with Gasteiger partial charge in [0, 0.05) is 19.7 Å². The van der Waals surface area contributed by atoms with E-state index < -0.39 is 5.60 Å². The highest BCUT2D eigenvalue weighted by Crippen LogP contribution is 2.18. The van der Waals surface area contributed by atoms with E-state index in [1.54, 1.807) is 0 Å². The van der Waals surface area contributed by atoms with Crippen molar-refractivity contribution in [3.8, 4) is 0 Å². The lowest BCUT2D eigenvalue weighted by atomic mass is 9.97. The second-order valence-corrected chi connectivity index (χ2v) is 5.22. The van der Waals surface area contributed by atoms with Gasteiger partial charge in [0.1, 0.15) is 0 Å². The minimum Gasteiger partial charge on any atom is -0.389 e. The van der Waals surface area contributed by atoms with Crippen LogP contribution in [-0.2, 0) is 4.74 Å². The molecule has 3 heteroatoms. The number of piperidine rings is 1. The lowest BCUT2D eigenvalue weighted by Crippen LogP contribution is -2.44. The standard InChI is InChI=1S/C12H25NO2/c1-4-15-9-11-6-5-7-13(8-11)10-12(2,3)14/h11,14H,4-10H2,1-3H3. The van der Waals surface area contributed by atoms with Gasteiger partial charge in [0.25, 0.3) is 0 Å². The molecule has 0 bridgehead atoms. The summed E-state index contributed by atoms with van der Waals surface area (Å²) < 4.78 is 5.46. The summed E-state index contributed by atoms with van der Waals surface area (Å²) in [6, 6.07) is 0. The predicted molar refractivity (Wildman–Crippen MR) is 62.0 cm³/mol. The number of rotatable bonds is 5. The molecular weight excluding hydrogens is 190 g/mol. The molecule has 1 fully saturated rings. The van der Waals surface area contributed by atoms with Crippen LogP contribution in [0.15, 0.2) is 0 Å². The number of nitrogens with zero attached hydrogens (tertiary/aromatic N) is 1. The third-order valence-corrected chi connectivity index (χ3v) is 2.77. The van der Waals surface area contributed by atoms with E-state index in [2.05, 4.69) is 4.90 Å². The van der Waals surface area contributed by atoms with E-state index in [0.29, 0.717) is 5.92 Å². The van der Waals surface area contributed by atoms with E-state index in [1.165, 1.54) is 12.8 Å². The summed E-state index contributed by atoms with van der Waals surface area (Å²) in [5, 5.41) is 9.76. The van der Waals surface area contributed by atoms with Crippen LogP contribution in [0.1, 0.15) is 33.6 Å². The highest BCUT2D eigenvalue weighted by molar-refractivity contribution is 4.78. The van der Waals surface area contributed by atoms with Gasteiger partial charge in [0.15, 0.2) is 0 Å². The zero-order valence-electron chi connectivity index (χ0n) is 10.3. The van der Waals surface area contributed by atoms with Crippen LogP contribution in [0.5, 0.6) is 0 Å². The Bertz CT molecular complexity index is 177. The van der Waals surface area contributed by atoms with Crippen molar-refractivity contribution >= 4 is 0 Å². The van der Waals surface area contributed by atoms with Gasteiger partial charge in [-0.05, 0) is 46.1 Å². The Morgan fingerprint density at radius 1 is 1.47 bits per heavy atom. The molecule has 0 saturated carbocycles. The smallest absolute Gasteiger partial charge is 0.0718 e. The molecule has 1 N–H and O–H groups in total. The van der Waals surface area contributed by atoms with Gasteiger partial charge in [-0.25, -0.2) is 0 Å².